The molecule has 3 rings (SSSR count). The van der Waals surface area contributed by atoms with Gasteiger partial charge in [0.1, 0.15) is 6.04 Å². The van der Waals surface area contributed by atoms with Gasteiger partial charge in [0, 0.05) is 6.42 Å². The Morgan fingerprint density at radius 1 is 1.00 bits per heavy atom. The number of halogens is 2. The molecule has 2 heterocycles. The molecule has 1 atom stereocenters. The largest absolute Gasteiger partial charge is 0.295 e. The van der Waals surface area contributed by atoms with Gasteiger partial charge in [-0.2, -0.15) is 0 Å². The van der Waals surface area contributed by atoms with Crippen molar-refractivity contribution in [2.75, 3.05) is 0 Å². The summed E-state index contributed by atoms with van der Waals surface area (Å²) in [6, 6.07) is 0.120. The maximum atomic E-state index is 13.2. The van der Waals surface area contributed by atoms with Gasteiger partial charge in [0.15, 0.2) is 11.6 Å². The number of rotatable bonds is 1. The van der Waals surface area contributed by atoms with Crippen LogP contribution in [-0.2, 0) is 9.59 Å². The van der Waals surface area contributed by atoms with Crippen LogP contribution < -0.4 is 5.32 Å². The number of carbonyl (C=O) groups is 4. The number of hydrogen-bond donors (Lipinski definition) is 1. The summed E-state index contributed by atoms with van der Waals surface area (Å²) in [7, 11) is 0. The Balaban J connectivity index is 2.00. The first-order chi connectivity index (χ1) is 9.90. The van der Waals surface area contributed by atoms with E-state index in [4.69, 9.17) is 0 Å². The van der Waals surface area contributed by atoms with Crippen molar-refractivity contribution < 1.29 is 28.0 Å². The number of amides is 4. The standard InChI is InChI=1S/C13H8F2N2O4/c14-7-3-5-6(4-8(7)15)13(21)17(12(5)20)9-1-2-10(18)16-11(9)19/h3-4,9H,1-2H2,(H,16,18,19)/t9-/m1/s1. The number of hydrogen-bond acceptors (Lipinski definition) is 4. The molecule has 0 aromatic heterocycles. The predicted molar refractivity (Wildman–Crippen MR) is 63.0 cm³/mol. The maximum absolute atomic E-state index is 13.2. The topological polar surface area (TPSA) is 83.6 Å². The zero-order valence-electron chi connectivity index (χ0n) is 10.5. The molecule has 2 aliphatic heterocycles. The number of carbonyl (C=O) groups excluding carboxylic acids is 4. The predicted octanol–water partition coefficient (Wildman–Crippen LogP) is 0.366. The van der Waals surface area contributed by atoms with Crippen molar-refractivity contribution in [2.24, 2.45) is 0 Å². The Bertz CT molecular complexity index is 675. The summed E-state index contributed by atoms with van der Waals surface area (Å²) in [5.74, 6) is -5.52. The van der Waals surface area contributed by atoms with Gasteiger partial charge in [-0.15, -0.1) is 0 Å². The molecule has 0 unspecified atom stereocenters. The Labute approximate surface area is 116 Å². The van der Waals surface area contributed by atoms with E-state index in [9.17, 15) is 28.0 Å². The van der Waals surface area contributed by atoms with Crippen molar-refractivity contribution in [1.82, 2.24) is 10.2 Å². The van der Waals surface area contributed by atoms with Crippen LogP contribution in [0.15, 0.2) is 12.1 Å². The Morgan fingerprint density at radius 3 is 2.00 bits per heavy atom. The summed E-state index contributed by atoms with van der Waals surface area (Å²) < 4.78 is 26.4. The van der Waals surface area contributed by atoms with E-state index in [0.717, 1.165) is 0 Å². The molecular formula is C13H8F2N2O4. The minimum absolute atomic E-state index is 0.0128. The van der Waals surface area contributed by atoms with E-state index in [-0.39, 0.29) is 24.0 Å². The van der Waals surface area contributed by atoms with Crippen molar-refractivity contribution in [3.8, 4) is 0 Å². The number of fused-ring (bicyclic) bond motifs is 1. The highest BCUT2D eigenvalue weighted by atomic mass is 19.2. The summed E-state index contributed by atoms with van der Waals surface area (Å²) in [5, 5.41) is 2.02. The fourth-order valence-corrected chi connectivity index (χ4v) is 2.46. The molecule has 1 saturated heterocycles. The van der Waals surface area contributed by atoms with Gasteiger partial charge in [0.05, 0.1) is 11.1 Å². The van der Waals surface area contributed by atoms with Crippen LogP contribution in [0.25, 0.3) is 0 Å². The lowest BCUT2D eigenvalue weighted by atomic mass is 10.0. The van der Waals surface area contributed by atoms with E-state index < -0.39 is 41.3 Å². The summed E-state index contributed by atoms with van der Waals surface area (Å²) >= 11 is 0. The van der Waals surface area contributed by atoms with Gasteiger partial charge in [-0.1, -0.05) is 0 Å². The molecule has 0 aliphatic carbocycles. The van der Waals surface area contributed by atoms with Crippen molar-refractivity contribution in [2.45, 2.75) is 18.9 Å². The number of nitrogens with one attached hydrogen (secondary N) is 1. The van der Waals surface area contributed by atoms with Gasteiger partial charge >= 0.3 is 0 Å². The molecule has 0 saturated carbocycles. The van der Waals surface area contributed by atoms with Crippen LogP contribution in [0.5, 0.6) is 0 Å². The Hall–Kier alpha value is -2.64. The fraction of sp³-hybridized carbons (Fsp3) is 0.231. The van der Waals surface area contributed by atoms with Gasteiger partial charge in [0.2, 0.25) is 11.8 Å². The number of imide groups is 2. The van der Waals surface area contributed by atoms with Gasteiger partial charge in [0.25, 0.3) is 11.8 Å². The summed E-state index contributed by atoms with van der Waals surface area (Å²) in [4.78, 5) is 47.8. The molecule has 1 N–H and O–H groups in total. The van der Waals surface area contributed by atoms with Gasteiger partial charge in [-0.25, -0.2) is 8.78 Å². The minimum atomic E-state index is -1.25. The summed E-state index contributed by atoms with van der Waals surface area (Å²) in [5.41, 5.74) is -0.577. The molecule has 2 aliphatic rings. The first-order valence-corrected chi connectivity index (χ1v) is 6.11. The van der Waals surface area contributed by atoms with E-state index in [1.165, 1.54) is 0 Å². The highest BCUT2D eigenvalue weighted by molar-refractivity contribution is 6.23. The van der Waals surface area contributed by atoms with Crippen LogP contribution in [0.2, 0.25) is 0 Å². The lowest BCUT2D eigenvalue weighted by molar-refractivity contribution is -0.136. The zero-order chi connectivity index (χ0) is 15.3. The molecule has 21 heavy (non-hydrogen) atoms. The van der Waals surface area contributed by atoms with E-state index in [1.807, 2.05) is 5.32 Å². The van der Waals surface area contributed by atoms with Crippen molar-refractivity contribution in [1.29, 1.82) is 0 Å². The Morgan fingerprint density at radius 2 is 1.52 bits per heavy atom. The molecule has 1 aromatic carbocycles. The van der Waals surface area contributed by atoms with Gasteiger partial charge < -0.3 is 0 Å². The molecule has 4 amide bonds. The van der Waals surface area contributed by atoms with Gasteiger partial charge in [-0.05, 0) is 18.6 Å². The smallest absolute Gasteiger partial charge is 0.262 e. The molecular weight excluding hydrogens is 286 g/mol. The maximum Gasteiger partial charge on any atom is 0.262 e. The van der Waals surface area contributed by atoms with Crippen LogP contribution >= 0.6 is 0 Å². The summed E-state index contributed by atoms with van der Waals surface area (Å²) in [6.45, 7) is 0. The van der Waals surface area contributed by atoms with Crippen molar-refractivity contribution >= 4 is 23.6 Å². The van der Waals surface area contributed by atoms with Crippen LogP contribution in [0.4, 0.5) is 8.78 Å². The molecule has 108 valence electrons. The van der Waals surface area contributed by atoms with Crippen LogP contribution in [0.1, 0.15) is 33.6 Å². The minimum Gasteiger partial charge on any atom is -0.295 e. The van der Waals surface area contributed by atoms with Gasteiger partial charge in [-0.3, -0.25) is 29.4 Å². The molecule has 1 fully saturated rings. The first-order valence-electron chi connectivity index (χ1n) is 6.11. The Kier molecular flexibility index (Phi) is 2.82. The highest BCUT2D eigenvalue weighted by Crippen LogP contribution is 2.28. The van der Waals surface area contributed by atoms with Crippen LogP contribution in [-0.4, -0.2) is 34.6 Å². The monoisotopic (exact) mass is 294 g/mol. The van der Waals surface area contributed by atoms with E-state index in [2.05, 4.69) is 0 Å². The molecule has 0 radical (unpaired) electrons. The van der Waals surface area contributed by atoms with E-state index in [0.29, 0.717) is 17.0 Å². The lowest BCUT2D eigenvalue weighted by Gasteiger charge is -2.27. The lowest BCUT2D eigenvalue weighted by Crippen LogP contribution is -2.54. The third-order valence-electron chi connectivity index (χ3n) is 3.48. The quantitative estimate of drug-likeness (QED) is 0.758. The highest BCUT2D eigenvalue weighted by Gasteiger charge is 2.45. The normalized spacial score (nSPS) is 21.6. The molecule has 6 nitrogen and oxygen atoms in total. The number of nitrogens with zero attached hydrogens (tertiary/aromatic N) is 1. The average molecular weight is 294 g/mol. The molecule has 0 bridgehead atoms. The SMILES string of the molecule is O=C1CC[C@@H](N2C(=O)c3cc(F)c(F)cc3C2=O)C(=O)N1. The second kappa shape index (κ2) is 4.44. The van der Waals surface area contributed by atoms with Crippen LogP contribution in [0, 0.1) is 11.6 Å². The summed E-state index contributed by atoms with van der Waals surface area (Å²) in [6.07, 6.45) is -0.0341. The average Bonchev–Trinajstić information content (AvgIpc) is 2.64. The van der Waals surface area contributed by atoms with Crippen molar-refractivity contribution in [3.63, 3.8) is 0 Å². The van der Waals surface area contributed by atoms with E-state index in [1.54, 1.807) is 0 Å². The third kappa shape index (κ3) is 1.91. The fourth-order valence-electron chi connectivity index (χ4n) is 2.46. The second-order valence-corrected chi connectivity index (χ2v) is 4.76. The molecule has 1 aromatic rings. The molecule has 0 spiro atoms. The zero-order valence-corrected chi connectivity index (χ0v) is 10.5. The van der Waals surface area contributed by atoms with Crippen molar-refractivity contribution in [3.05, 3.63) is 34.9 Å². The first kappa shape index (κ1) is 13.3. The van der Waals surface area contributed by atoms with Crippen LogP contribution in [0.3, 0.4) is 0 Å². The second-order valence-electron chi connectivity index (χ2n) is 4.76. The number of piperidine rings is 1. The third-order valence-corrected chi connectivity index (χ3v) is 3.48. The molecule has 8 heteroatoms. The van der Waals surface area contributed by atoms with E-state index >= 15 is 0 Å². The number of benzene rings is 1.